The second-order valence-electron chi connectivity index (χ2n) is 4.11. The molecule has 1 aromatic heterocycles. The number of hydrogen-bond donors (Lipinski definition) is 1. The van der Waals surface area contributed by atoms with Crippen molar-refractivity contribution in [3.8, 4) is 16.9 Å². The first-order valence-electron chi connectivity index (χ1n) is 5.77. The third-order valence-corrected chi connectivity index (χ3v) is 2.82. The highest BCUT2D eigenvalue weighted by molar-refractivity contribution is 5.64. The lowest BCUT2D eigenvalue weighted by atomic mass is 10.1. The van der Waals surface area contributed by atoms with Crippen molar-refractivity contribution in [2.75, 3.05) is 5.73 Å². The van der Waals surface area contributed by atoms with Crippen LogP contribution in [0.3, 0.4) is 0 Å². The van der Waals surface area contributed by atoms with Crippen LogP contribution in [0.25, 0.3) is 16.9 Å². The molecule has 0 atom stereocenters. The van der Waals surface area contributed by atoms with Gasteiger partial charge >= 0.3 is 0 Å². The Hall–Kier alpha value is -2.69. The molecule has 0 aliphatic heterocycles. The molecule has 2 N–H and O–H groups in total. The molecule has 4 nitrogen and oxygen atoms in total. The van der Waals surface area contributed by atoms with Crippen LogP contribution in [0.1, 0.15) is 0 Å². The van der Waals surface area contributed by atoms with Gasteiger partial charge in [0, 0.05) is 11.3 Å². The van der Waals surface area contributed by atoms with Crippen molar-refractivity contribution < 1.29 is 4.39 Å². The monoisotopic (exact) mass is 254 g/mol. The van der Waals surface area contributed by atoms with E-state index in [9.17, 15) is 4.39 Å². The summed E-state index contributed by atoms with van der Waals surface area (Å²) in [4.78, 5) is 0. The van der Waals surface area contributed by atoms with Crippen LogP contribution in [0.15, 0.2) is 54.7 Å². The summed E-state index contributed by atoms with van der Waals surface area (Å²) in [6.45, 7) is 0. The van der Waals surface area contributed by atoms with Gasteiger partial charge in [0.2, 0.25) is 0 Å². The Morgan fingerprint density at radius 3 is 2.58 bits per heavy atom. The zero-order valence-electron chi connectivity index (χ0n) is 9.99. The van der Waals surface area contributed by atoms with E-state index in [1.54, 1.807) is 16.8 Å². The van der Waals surface area contributed by atoms with Gasteiger partial charge in [0.1, 0.15) is 5.82 Å². The topological polar surface area (TPSA) is 56.7 Å². The highest BCUT2D eigenvalue weighted by atomic mass is 19.1. The first-order chi connectivity index (χ1) is 9.25. The Kier molecular flexibility index (Phi) is 2.72. The van der Waals surface area contributed by atoms with E-state index >= 15 is 0 Å². The Bertz CT molecular complexity index is 706. The van der Waals surface area contributed by atoms with Crippen molar-refractivity contribution in [1.82, 2.24) is 15.0 Å². The maximum absolute atomic E-state index is 14.0. The largest absolute Gasteiger partial charge is 0.399 e. The summed E-state index contributed by atoms with van der Waals surface area (Å²) in [5.41, 5.74) is 7.77. The van der Waals surface area contributed by atoms with Gasteiger partial charge < -0.3 is 5.73 Å². The van der Waals surface area contributed by atoms with Gasteiger partial charge in [-0.3, -0.25) is 0 Å². The van der Waals surface area contributed by atoms with E-state index in [-0.39, 0.29) is 5.82 Å². The maximum atomic E-state index is 14.0. The molecule has 19 heavy (non-hydrogen) atoms. The molecule has 0 radical (unpaired) electrons. The van der Waals surface area contributed by atoms with E-state index in [4.69, 9.17) is 5.73 Å². The zero-order chi connectivity index (χ0) is 13.2. The lowest BCUT2D eigenvalue weighted by Crippen LogP contribution is -2.00. The van der Waals surface area contributed by atoms with Crippen molar-refractivity contribution in [2.45, 2.75) is 0 Å². The predicted octanol–water partition coefficient (Wildman–Crippen LogP) is 2.66. The van der Waals surface area contributed by atoms with Gasteiger partial charge in [-0.25, -0.2) is 9.07 Å². The minimum atomic E-state index is -0.389. The van der Waals surface area contributed by atoms with Crippen LogP contribution in [0.2, 0.25) is 0 Å². The number of halogens is 1. The molecule has 1 heterocycles. The highest BCUT2D eigenvalue weighted by Crippen LogP contribution is 2.25. The Labute approximate surface area is 109 Å². The first-order valence-corrected chi connectivity index (χ1v) is 5.77. The van der Waals surface area contributed by atoms with Crippen LogP contribution in [-0.2, 0) is 0 Å². The molecule has 94 valence electrons. The van der Waals surface area contributed by atoms with Gasteiger partial charge in [-0.15, -0.1) is 5.10 Å². The average Bonchev–Trinajstić information content (AvgIpc) is 2.89. The number of rotatable bonds is 2. The van der Waals surface area contributed by atoms with Gasteiger partial charge in [-0.05, 0) is 30.3 Å². The Morgan fingerprint density at radius 1 is 1.05 bits per heavy atom. The summed E-state index contributed by atoms with van der Waals surface area (Å²) in [5, 5.41) is 7.85. The SMILES string of the molecule is Nc1ccc(-c2cnnn2-c2ccccc2)c(F)c1. The summed E-state index contributed by atoms with van der Waals surface area (Å²) in [6.07, 6.45) is 1.53. The fraction of sp³-hybridized carbons (Fsp3) is 0. The van der Waals surface area contributed by atoms with E-state index < -0.39 is 0 Å². The maximum Gasteiger partial charge on any atom is 0.134 e. The Morgan fingerprint density at radius 2 is 1.84 bits per heavy atom. The van der Waals surface area contributed by atoms with E-state index in [0.717, 1.165) is 5.69 Å². The van der Waals surface area contributed by atoms with Crippen LogP contribution in [0, 0.1) is 5.82 Å². The molecule has 0 fully saturated rings. The number of aromatic nitrogens is 3. The third-order valence-electron chi connectivity index (χ3n) is 2.82. The van der Waals surface area contributed by atoms with Gasteiger partial charge in [-0.1, -0.05) is 23.4 Å². The van der Waals surface area contributed by atoms with Gasteiger partial charge in [0.25, 0.3) is 0 Å². The first kappa shape index (κ1) is 11.4. The fourth-order valence-corrected chi connectivity index (χ4v) is 1.92. The third kappa shape index (κ3) is 2.06. The second-order valence-corrected chi connectivity index (χ2v) is 4.11. The lowest BCUT2D eigenvalue weighted by molar-refractivity contribution is 0.630. The molecule has 0 saturated heterocycles. The van der Waals surface area contributed by atoms with Crippen LogP contribution >= 0.6 is 0 Å². The minimum absolute atomic E-state index is 0.389. The molecule has 5 heteroatoms. The van der Waals surface area contributed by atoms with Crippen molar-refractivity contribution in [2.24, 2.45) is 0 Å². The van der Waals surface area contributed by atoms with E-state index in [2.05, 4.69) is 10.3 Å². The van der Waals surface area contributed by atoms with Crippen molar-refractivity contribution in [3.63, 3.8) is 0 Å². The quantitative estimate of drug-likeness (QED) is 0.715. The van der Waals surface area contributed by atoms with Crippen LogP contribution in [0.5, 0.6) is 0 Å². The summed E-state index contributed by atoms with van der Waals surface area (Å²) in [7, 11) is 0. The number of anilines is 1. The van der Waals surface area contributed by atoms with Crippen molar-refractivity contribution in [1.29, 1.82) is 0 Å². The molecule has 0 saturated carbocycles. The van der Waals surface area contributed by atoms with Crippen molar-refractivity contribution >= 4 is 5.69 Å². The van der Waals surface area contributed by atoms with Gasteiger partial charge in [0.15, 0.2) is 0 Å². The number of nitrogens with two attached hydrogens (primary N) is 1. The molecule has 0 aliphatic rings. The van der Waals surface area contributed by atoms with E-state index in [0.29, 0.717) is 16.9 Å². The molecule has 3 aromatic rings. The molecule has 0 unspecified atom stereocenters. The molecule has 3 rings (SSSR count). The average molecular weight is 254 g/mol. The summed E-state index contributed by atoms with van der Waals surface area (Å²) >= 11 is 0. The molecule has 0 spiro atoms. The van der Waals surface area contributed by atoms with Gasteiger partial charge in [-0.2, -0.15) is 0 Å². The predicted molar refractivity (Wildman–Crippen MR) is 71.2 cm³/mol. The van der Waals surface area contributed by atoms with E-state index in [1.807, 2.05) is 30.3 Å². The second kappa shape index (κ2) is 4.53. The fourth-order valence-electron chi connectivity index (χ4n) is 1.92. The van der Waals surface area contributed by atoms with Gasteiger partial charge in [0.05, 0.1) is 17.6 Å². The Balaban J connectivity index is 2.15. The van der Waals surface area contributed by atoms with Crippen molar-refractivity contribution in [3.05, 3.63) is 60.5 Å². The highest BCUT2D eigenvalue weighted by Gasteiger charge is 2.12. The normalized spacial score (nSPS) is 10.6. The van der Waals surface area contributed by atoms with Crippen LogP contribution < -0.4 is 5.73 Å². The molecule has 0 bridgehead atoms. The summed E-state index contributed by atoms with van der Waals surface area (Å²) in [5.74, 6) is -0.389. The smallest absolute Gasteiger partial charge is 0.134 e. The molecular weight excluding hydrogens is 243 g/mol. The molecular formula is C14H11FN4. The standard InChI is InChI=1S/C14H11FN4/c15-13-8-10(16)6-7-12(13)14-9-17-18-19(14)11-4-2-1-3-5-11/h1-9H,16H2. The van der Waals surface area contributed by atoms with Crippen LogP contribution in [-0.4, -0.2) is 15.0 Å². The van der Waals surface area contributed by atoms with E-state index in [1.165, 1.54) is 12.3 Å². The summed E-state index contributed by atoms with van der Waals surface area (Å²) < 4.78 is 15.6. The molecule has 0 aliphatic carbocycles. The molecule has 2 aromatic carbocycles. The molecule has 0 amide bonds. The van der Waals surface area contributed by atoms with Crippen LogP contribution in [0.4, 0.5) is 10.1 Å². The lowest BCUT2D eigenvalue weighted by Gasteiger charge is -2.07. The number of nitrogen functional groups attached to an aromatic ring is 1. The minimum Gasteiger partial charge on any atom is -0.399 e. The zero-order valence-corrected chi connectivity index (χ0v) is 9.99. The number of hydrogen-bond acceptors (Lipinski definition) is 3. The number of nitrogens with zero attached hydrogens (tertiary/aromatic N) is 3. The summed E-state index contributed by atoms with van der Waals surface area (Å²) in [6, 6.07) is 14.0. The number of para-hydroxylation sites is 1. The number of benzene rings is 2.